The molecule has 0 aliphatic rings. The maximum atomic E-state index is 4.08. The molecule has 0 bridgehead atoms. The first-order chi connectivity index (χ1) is 6.24. The van der Waals surface area contributed by atoms with Gasteiger partial charge in [0.2, 0.25) is 0 Å². The number of rotatable bonds is 8. The Bertz CT molecular complexity index is 144. The second-order valence-electron chi connectivity index (χ2n) is 3.84. The molecule has 0 heteroatoms. The van der Waals surface area contributed by atoms with Crippen LogP contribution in [-0.4, -0.2) is 0 Å². The van der Waals surface area contributed by atoms with Crippen molar-refractivity contribution < 1.29 is 0 Å². The second kappa shape index (κ2) is 8.10. The van der Waals surface area contributed by atoms with E-state index in [1.54, 1.807) is 0 Å². The summed E-state index contributed by atoms with van der Waals surface area (Å²) in [6.07, 6.45) is 9.40. The second-order valence-corrected chi connectivity index (χ2v) is 3.84. The Kier molecular flexibility index (Phi) is 7.77. The van der Waals surface area contributed by atoms with Crippen molar-refractivity contribution in [3.05, 3.63) is 24.8 Å². The average Bonchev–Trinajstić information content (AvgIpc) is 2.12. The van der Waals surface area contributed by atoms with Crippen molar-refractivity contribution in [3.63, 3.8) is 0 Å². The molecule has 1 unspecified atom stereocenters. The van der Waals surface area contributed by atoms with Gasteiger partial charge >= 0.3 is 0 Å². The van der Waals surface area contributed by atoms with Gasteiger partial charge in [-0.2, -0.15) is 0 Å². The first kappa shape index (κ1) is 12.5. The third kappa shape index (κ3) is 6.62. The van der Waals surface area contributed by atoms with E-state index in [4.69, 9.17) is 0 Å². The molecule has 0 aromatic rings. The largest absolute Gasteiger partial charge is 0.103 e. The third-order valence-corrected chi connectivity index (χ3v) is 2.59. The van der Waals surface area contributed by atoms with Crippen molar-refractivity contribution in [2.45, 2.75) is 52.4 Å². The summed E-state index contributed by atoms with van der Waals surface area (Å²) in [6, 6.07) is 0. The van der Waals surface area contributed by atoms with Crippen LogP contribution in [0, 0.1) is 5.92 Å². The summed E-state index contributed by atoms with van der Waals surface area (Å²) in [5, 5.41) is 0. The highest BCUT2D eigenvalue weighted by atomic mass is 14.1. The highest BCUT2D eigenvalue weighted by Crippen LogP contribution is 2.20. The van der Waals surface area contributed by atoms with Crippen LogP contribution < -0.4 is 0 Å². The Labute approximate surface area is 83.7 Å². The molecule has 0 N–H and O–H groups in total. The molecule has 13 heavy (non-hydrogen) atoms. The van der Waals surface area contributed by atoms with E-state index < -0.39 is 0 Å². The van der Waals surface area contributed by atoms with E-state index in [2.05, 4.69) is 27.0 Å². The van der Waals surface area contributed by atoms with Crippen molar-refractivity contribution in [2.75, 3.05) is 0 Å². The Balaban J connectivity index is 3.58. The number of hydrogen-bond acceptors (Lipinski definition) is 0. The number of hydrogen-bond donors (Lipinski definition) is 0. The van der Waals surface area contributed by atoms with E-state index in [0.29, 0.717) is 0 Å². The highest BCUT2D eigenvalue weighted by Gasteiger charge is 2.04. The van der Waals surface area contributed by atoms with Crippen LogP contribution in [0.5, 0.6) is 0 Å². The zero-order valence-electron chi connectivity index (χ0n) is 9.31. The predicted molar refractivity (Wildman–Crippen MR) is 61.9 cm³/mol. The van der Waals surface area contributed by atoms with Gasteiger partial charge in [-0.1, -0.05) is 44.9 Å². The average molecular weight is 180 g/mol. The zero-order chi connectivity index (χ0) is 10.1. The zero-order valence-corrected chi connectivity index (χ0v) is 9.31. The lowest BCUT2D eigenvalue weighted by atomic mass is 9.93. The minimum absolute atomic E-state index is 0.825. The summed E-state index contributed by atoms with van der Waals surface area (Å²) in [7, 11) is 0. The highest BCUT2D eigenvalue weighted by molar-refractivity contribution is 4.94. The predicted octanol–water partition coefficient (Wildman–Crippen LogP) is 4.73. The van der Waals surface area contributed by atoms with Gasteiger partial charge in [0.1, 0.15) is 0 Å². The van der Waals surface area contributed by atoms with Gasteiger partial charge in [0.05, 0.1) is 0 Å². The van der Waals surface area contributed by atoms with Crippen LogP contribution in [0.1, 0.15) is 52.4 Å². The van der Waals surface area contributed by atoms with Crippen LogP contribution in [0.15, 0.2) is 24.8 Å². The molecule has 0 aliphatic heterocycles. The van der Waals surface area contributed by atoms with Crippen molar-refractivity contribution in [3.8, 4) is 0 Å². The first-order valence-electron chi connectivity index (χ1n) is 5.52. The van der Waals surface area contributed by atoms with Gasteiger partial charge < -0.3 is 0 Å². The SMILES string of the molecule is C=CCC(CC)CCC(=C)CCC. The van der Waals surface area contributed by atoms with Crippen LogP contribution in [0.25, 0.3) is 0 Å². The molecule has 0 rings (SSSR count). The van der Waals surface area contributed by atoms with Gasteiger partial charge in [0.25, 0.3) is 0 Å². The van der Waals surface area contributed by atoms with E-state index in [0.717, 1.165) is 12.3 Å². The summed E-state index contributed by atoms with van der Waals surface area (Å²) in [4.78, 5) is 0. The van der Waals surface area contributed by atoms with Gasteiger partial charge in [0.15, 0.2) is 0 Å². The summed E-state index contributed by atoms with van der Waals surface area (Å²) in [6.45, 7) is 12.3. The molecule has 0 aromatic carbocycles. The Morgan fingerprint density at radius 1 is 1.31 bits per heavy atom. The molecule has 0 saturated heterocycles. The van der Waals surface area contributed by atoms with Crippen molar-refractivity contribution in [1.29, 1.82) is 0 Å². The molecule has 1 atom stereocenters. The molecular formula is C13H24. The molecule has 0 aliphatic carbocycles. The van der Waals surface area contributed by atoms with Gasteiger partial charge in [-0.3, -0.25) is 0 Å². The topological polar surface area (TPSA) is 0 Å². The van der Waals surface area contributed by atoms with Crippen molar-refractivity contribution in [2.24, 2.45) is 5.92 Å². The lowest BCUT2D eigenvalue weighted by Crippen LogP contribution is -1.97. The van der Waals surface area contributed by atoms with Gasteiger partial charge in [-0.25, -0.2) is 0 Å². The molecule has 0 spiro atoms. The lowest BCUT2D eigenvalue weighted by Gasteiger charge is -2.12. The summed E-state index contributed by atoms with van der Waals surface area (Å²) < 4.78 is 0. The Hall–Kier alpha value is -0.520. The van der Waals surface area contributed by atoms with E-state index in [-0.39, 0.29) is 0 Å². The molecular weight excluding hydrogens is 156 g/mol. The van der Waals surface area contributed by atoms with Gasteiger partial charge in [-0.15, -0.1) is 6.58 Å². The maximum absolute atomic E-state index is 4.08. The van der Waals surface area contributed by atoms with E-state index in [9.17, 15) is 0 Å². The summed E-state index contributed by atoms with van der Waals surface area (Å²) >= 11 is 0. The van der Waals surface area contributed by atoms with Gasteiger partial charge in [0, 0.05) is 0 Å². The molecule has 0 nitrogen and oxygen atoms in total. The lowest BCUT2D eigenvalue weighted by molar-refractivity contribution is 0.473. The fourth-order valence-electron chi connectivity index (χ4n) is 1.61. The molecule has 0 fully saturated rings. The third-order valence-electron chi connectivity index (χ3n) is 2.59. The summed E-state index contributed by atoms with van der Waals surface area (Å²) in [5.74, 6) is 0.825. The molecule has 76 valence electrons. The maximum Gasteiger partial charge on any atom is -0.0320 e. The molecule has 0 aromatic heterocycles. The quantitative estimate of drug-likeness (QED) is 0.474. The van der Waals surface area contributed by atoms with Crippen molar-refractivity contribution in [1.82, 2.24) is 0 Å². The number of allylic oxidation sites excluding steroid dienone is 2. The normalized spacial score (nSPS) is 12.5. The van der Waals surface area contributed by atoms with Crippen LogP contribution in [0.4, 0.5) is 0 Å². The fourth-order valence-corrected chi connectivity index (χ4v) is 1.61. The van der Waals surface area contributed by atoms with Crippen LogP contribution in [0.2, 0.25) is 0 Å². The molecule has 0 saturated carbocycles. The molecule has 0 radical (unpaired) electrons. The monoisotopic (exact) mass is 180 g/mol. The van der Waals surface area contributed by atoms with E-state index in [1.165, 1.54) is 37.7 Å². The van der Waals surface area contributed by atoms with Crippen LogP contribution in [-0.2, 0) is 0 Å². The first-order valence-corrected chi connectivity index (χ1v) is 5.52. The van der Waals surface area contributed by atoms with E-state index in [1.807, 2.05) is 6.08 Å². The molecule has 0 amide bonds. The summed E-state index contributed by atoms with van der Waals surface area (Å²) in [5.41, 5.74) is 1.42. The Morgan fingerprint density at radius 2 is 2.00 bits per heavy atom. The minimum Gasteiger partial charge on any atom is -0.103 e. The van der Waals surface area contributed by atoms with Crippen molar-refractivity contribution >= 4 is 0 Å². The standard InChI is InChI=1S/C13H24/c1-5-8-12(4)10-11-13(7-3)9-6-2/h6,13H,2,4-5,7-11H2,1,3H3. The van der Waals surface area contributed by atoms with E-state index >= 15 is 0 Å². The minimum atomic E-state index is 0.825. The Morgan fingerprint density at radius 3 is 2.46 bits per heavy atom. The molecule has 0 heterocycles. The van der Waals surface area contributed by atoms with Gasteiger partial charge in [-0.05, 0) is 31.6 Å². The van der Waals surface area contributed by atoms with Crippen LogP contribution >= 0.6 is 0 Å². The fraction of sp³-hybridized carbons (Fsp3) is 0.692. The smallest absolute Gasteiger partial charge is 0.0320 e. The van der Waals surface area contributed by atoms with Crippen LogP contribution in [0.3, 0.4) is 0 Å².